The topological polar surface area (TPSA) is 38.4 Å². The Kier molecular flexibility index (Phi) is 1.18. The summed E-state index contributed by atoms with van der Waals surface area (Å²) in [5.74, 6) is -3.27. The largest absolute Gasteiger partial charge is 0.387 e. The second-order valence-corrected chi connectivity index (χ2v) is 2.17. The molecule has 0 aromatic rings. The fourth-order valence-corrected chi connectivity index (χ4v) is 0.690. The molecule has 0 saturated heterocycles. The fraction of sp³-hybridized carbons (Fsp3) is 0.800. The van der Waals surface area contributed by atoms with E-state index in [-0.39, 0.29) is 12.3 Å². The minimum Gasteiger partial charge on any atom is -0.387 e. The molecule has 0 heterocycles. The number of nitrogens with two attached hydrogens (primary N) is 1. The van der Waals surface area contributed by atoms with E-state index in [1.54, 1.807) is 0 Å². The molecule has 1 aliphatic carbocycles. The number of alkyl halides is 2. The average molecular weight is 134 g/mol. The molecule has 1 rings (SSSR count). The Hall–Kier alpha value is -0.670. The lowest BCUT2D eigenvalue weighted by Gasteiger charge is -1.93. The third-order valence-electron chi connectivity index (χ3n) is 1.44. The first-order valence-electron chi connectivity index (χ1n) is 2.68. The standard InChI is InChI=1S/C5H8F2N2/c1-9-4(8)3-2-5(3,6)7/h3H,2H2,1H3,(H2,8,9). The van der Waals surface area contributed by atoms with Crippen molar-refractivity contribution in [2.24, 2.45) is 16.6 Å². The molecule has 0 aliphatic heterocycles. The highest BCUT2D eigenvalue weighted by Crippen LogP contribution is 2.48. The monoisotopic (exact) mass is 134 g/mol. The first kappa shape index (κ1) is 6.45. The fourth-order valence-electron chi connectivity index (χ4n) is 0.690. The molecule has 2 nitrogen and oxygen atoms in total. The maximum Gasteiger partial charge on any atom is 0.259 e. The summed E-state index contributed by atoms with van der Waals surface area (Å²) < 4.78 is 24.1. The maximum atomic E-state index is 12.1. The number of halogens is 2. The first-order chi connectivity index (χ1) is 4.08. The number of hydrogen-bond donors (Lipinski definition) is 1. The van der Waals surface area contributed by atoms with Crippen LogP contribution < -0.4 is 5.73 Å². The Morgan fingerprint density at radius 3 is 2.33 bits per heavy atom. The molecule has 0 spiro atoms. The SMILES string of the molecule is CN=C(N)C1CC1(F)F. The lowest BCUT2D eigenvalue weighted by Crippen LogP contribution is -2.17. The van der Waals surface area contributed by atoms with Gasteiger partial charge in [0.2, 0.25) is 0 Å². The predicted octanol–water partition coefficient (Wildman–Crippen LogP) is 0.629. The highest BCUT2D eigenvalue weighted by atomic mass is 19.3. The van der Waals surface area contributed by atoms with Gasteiger partial charge in [0.1, 0.15) is 5.84 Å². The van der Waals surface area contributed by atoms with E-state index < -0.39 is 11.8 Å². The van der Waals surface area contributed by atoms with Gasteiger partial charge in [0.25, 0.3) is 5.92 Å². The van der Waals surface area contributed by atoms with Gasteiger partial charge >= 0.3 is 0 Å². The third kappa shape index (κ3) is 1.01. The van der Waals surface area contributed by atoms with E-state index in [2.05, 4.69) is 4.99 Å². The highest BCUT2D eigenvalue weighted by molar-refractivity contribution is 5.86. The summed E-state index contributed by atoms with van der Waals surface area (Å²) in [5.41, 5.74) is 5.12. The molecule has 4 heteroatoms. The molecule has 0 radical (unpaired) electrons. The molecule has 0 bridgehead atoms. The molecule has 1 fully saturated rings. The summed E-state index contributed by atoms with van der Waals surface area (Å²) in [5, 5.41) is 0. The average Bonchev–Trinajstić information content (AvgIpc) is 2.38. The molecule has 0 aromatic carbocycles. The molecule has 9 heavy (non-hydrogen) atoms. The Morgan fingerprint density at radius 1 is 1.78 bits per heavy atom. The zero-order chi connectivity index (χ0) is 7.07. The molecule has 1 aliphatic rings. The quantitative estimate of drug-likeness (QED) is 0.414. The van der Waals surface area contributed by atoms with Gasteiger partial charge in [0.15, 0.2) is 0 Å². The van der Waals surface area contributed by atoms with Crippen LogP contribution in [0.2, 0.25) is 0 Å². The van der Waals surface area contributed by atoms with E-state index in [4.69, 9.17) is 5.73 Å². The van der Waals surface area contributed by atoms with Gasteiger partial charge < -0.3 is 5.73 Å². The lowest BCUT2D eigenvalue weighted by atomic mass is 10.4. The number of hydrogen-bond acceptors (Lipinski definition) is 1. The van der Waals surface area contributed by atoms with Gasteiger partial charge in [0.05, 0.1) is 5.92 Å². The minimum atomic E-state index is -2.57. The van der Waals surface area contributed by atoms with E-state index in [9.17, 15) is 8.78 Å². The smallest absolute Gasteiger partial charge is 0.259 e. The van der Waals surface area contributed by atoms with Crippen molar-refractivity contribution in [3.05, 3.63) is 0 Å². The van der Waals surface area contributed by atoms with Gasteiger partial charge in [-0.15, -0.1) is 0 Å². The van der Waals surface area contributed by atoms with Crippen molar-refractivity contribution in [1.82, 2.24) is 0 Å². The van der Waals surface area contributed by atoms with Gasteiger partial charge in [-0.05, 0) is 0 Å². The van der Waals surface area contributed by atoms with Crippen molar-refractivity contribution in [3.8, 4) is 0 Å². The lowest BCUT2D eigenvalue weighted by molar-refractivity contribution is 0.110. The van der Waals surface area contributed by atoms with Crippen molar-refractivity contribution < 1.29 is 8.78 Å². The zero-order valence-electron chi connectivity index (χ0n) is 5.06. The van der Waals surface area contributed by atoms with Crippen LogP contribution in [0.15, 0.2) is 4.99 Å². The van der Waals surface area contributed by atoms with Crippen LogP contribution in [-0.4, -0.2) is 18.8 Å². The molecule has 1 atom stereocenters. The Balaban J connectivity index is 2.52. The van der Waals surface area contributed by atoms with Gasteiger partial charge in [-0.25, -0.2) is 8.78 Å². The van der Waals surface area contributed by atoms with Crippen molar-refractivity contribution in [1.29, 1.82) is 0 Å². The van der Waals surface area contributed by atoms with Crippen molar-refractivity contribution in [3.63, 3.8) is 0 Å². The van der Waals surface area contributed by atoms with Crippen LogP contribution in [-0.2, 0) is 0 Å². The van der Waals surface area contributed by atoms with Gasteiger partial charge in [-0.2, -0.15) is 0 Å². The molecule has 0 aromatic heterocycles. The van der Waals surface area contributed by atoms with E-state index in [1.165, 1.54) is 7.05 Å². The summed E-state index contributed by atoms with van der Waals surface area (Å²) >= 11 is 0. The molecular formula is C5H8F2N2. The van der Waals surface area contributed by atoms with Crippen LogP contribution >= 0.6 is 0 Å². The van der Waals surface area contributed by atoms with Gasteiger partial charge in [0, 0.05) is 13.5 Å². The minimum absolute atomic E-state index is 0.0694. The van der Waals surface area contributed by atoms with Crippen LogP contribution in [0.5, 0.6) is 0 Å². The van der Waals surface area contributed by atoms with Crippen LogP contribution in [0, 0.1) is 5.92 Å². The Labute approximate surface area is 51.8 Å². The number of aliphatic imine (C=N–C) groups is 1. The summed E-state index contributed by atoms with van der Waals surface area (Å²) in [7, 11) is 1.42. The summed E-state index contributed by atoms with van der Waals surface area (Å²) in [4.78, 5) is 3.46. The van der Waals surface area contributed by atoms with Gasteiger partial charge in [-0.3, -0.25) is 4.99 Å². The summed E-state index contributed by atoms with van der Waals surface area (Å²) in [6, 6.07) is 0. The van der Waals surface area contributed by atoms with E-state index in [0.29, 0.717) is 0 Å². The first-order valence-corrected chi connectivity index (χ1v) is 2.68. The normalized spacial score (nSPS) is 32.3. The summed E-state index contributed by atoms with van der Waals surface area (Å²) in [6.07, 6.45) is -0.129. The summed E-state index contributed by atoms with van der Waals surface area (Å²) in [6.45, 7) is 0. The molecule has 0 amide bonds. The van der Waals surface area contributed by atoms with Gasteiger partial charge in [-0.1, -0.05) is 0 Å². The second kappa shape index (κ2) is 1.65. The maximum absolute atomic E-state index is 12.1. The zero-order valence-corrected chi connectivity index (χ0v) is 5.06. The highest BCUT2D eigenvalue weighted by Gasteiger charge is 2.59. The second-order valence-electron chi connectivity index (χ2n) is 2.17. The third-order valence-corrected chi connectivity index (χ3v) is 1.44. The molecule has 1 unspecified atom stereocenters. The molecular weight excluding hydrogens is 126 g/mol. The molecule has 1 saturated carbocycles. The van der Waals surface area contributed by atoms with Crippen LogP contribution in [0.1, 0.15) is 6.42 Å². The molecule has 52 valence electrons. The number of amidine groups is 1. The van der Waals surface area contributed by atoms with E-state index in [0.717, 1.165) is 0 Å². The van der Waals surface area contributed by atoms with Crippen molar-refractivity contribution >= 4 is 5.84 Å². The van der Waals surface area contributed by atoms with Crippen molar-refractivity contribution in [2.45, 2.75) is 12.3 Å². The van der Waals surface area contributed by atoms with E-state index >= 15 is 0 Å². The van der Waals surface area contributed by atoms with Crippen LogP contribution in [0.4, 0.5) is 8.78 Å². The number of rotatable bonds is 1. The Bertz CT molecular complexity index is 153. The number of nitrogens with zero attached hydrogens (tertiary/aromatic N) is 1. The van der Waals surface area contributed by atoms with Crippen LogP contribution in [0.3, 0.4) is 0 Å². The van der Waals surface area contributed by atoms with Crippen LogP contribution in [0.25, 0.3) is 0 Å². The van der Waals surface area contributed by atoms with E-state index in [1.807, 2.05) is 0 Å². The Morgan fingerprint density at radius 2 is 2.22 bits per heavy atom. The van der Waals surface area contributed by atoms with Crippen molar-refractivity contribution in [2.75, 3.05) is 7.05 Å². The molecule has 2 N–H and O–H groups in total. The predicted molar refractivity (Wildman–Crippen MR) is 30.6 cm³/mol.